The molecule has 0 bridgehead atoms. The van der Waals surface area contributed by atoms with Crippen LogP contribution in [0, 0.1) is 6.92 Å². The van der Waals surface area contributed by atoms with E-state index in [2.05, 4.69) is 14.9 Å². The maximum Gasteiger partial charge on any atom is 0.223 e. The van der Waals surface area contributed by atoms with E-state index < -0.39 is 10.0 Å². The monoisotopic (exact) mass is 267 g/mol. The zero-order chi connectivity index (χ0) is 12.0. The van der Waals surface area contributed by atoms with Crippen LogP contribution in [-0.4, -0.2) is 36.7 Å². The second-order valence-corrected chi connectivity index (χ2v) is 5.54. The van der Waals surface area contributed by atoms with Crippen molar-refractivity contribution in [1.82, 2.24) is 14.9 Å². The Morgan fingerprint density at radius 3 is 2.81 bits per heavy atom. The second kappa shape index (κ2) is 6.17. The van der Waals surface area contributed by atoms with Crippen LogP contribution in [0.15, 0.2) is 4.52 Å². The molecule has 0 amide bonds. The average Bonchev–Trinajstić information content (AvgIpc) is 2.61. The summed E-state index contributed by atoms with van der Waals surface area (Å²) >= 11 is 5.42. The van der Waals surface area contributed by atoms with E-state index >= 15 is 0 Å². The summed E-state index contributed by atoms with van der Waals surface area (Å²) in [6.45, 7) is 1.95. The number of hydrogen-bond acceptors (Lipinski definition) is 5. The van der Waals surface area contributed by atoms with Crippen molar-refractivity contribution < 1.29 is 12.9 Å². The van der Waals surface area contributed by atoms with Crippen LogP contribution in [0.3, 0.4) is 0 Å². The Hall–Kier alpha value is -0.660. The molecule has 92 valence electrons. The van der Waals surface area contributed by atoms with Crippen molar-refractivity contribution in [3.63, 3.8) is 0 Å². The van der Waals surface area contributed by atoms with Crippen LogP contribution in [0.1, 0.15) is 18.1 Å². The number of hydrogen-bond donors (Lipinski definition) is 1. The lowest BCUT2D eigenvalue weighted by Crippen LogP contribution is -2.28. The van der Waals surface area contributed by atoms with Crippen LogP contribution in [0.5, 0.6) is 0 Å². The molecule has 16 heavy (non-hydrogen) atoms. The Bertz CT molecular complexity index is 418. The van der Waals surface area contributed by atoms with Crippen molar-refractivity contribution in [2.45, 2.75) is 19.8 Å². The topological polar surface area (TPSA) is 85.1 Å². The molecule has 1 aromatic heterocycles. The molecule has 0 saturated heterocycles. The molecule has 0 radical (unpaired) electrons. The maximum atomic E-state index is 11.4. The fraction of sp³-hybridized carbons (Fsp3) is 0.750. The average molecular weight is 268 g/mol. The van der Waals surface area contributed by atoms with Crippen LogP contribution in [-0.2, 0) is 16.4 Å². The van der Waals surface area contributed by atoms with Crippen LogP contribution >= 0.6 is 11.6 Å². The Morgan fingerprint density at radius 2 is 2.25 bits per heavy atom. The fourth-order valence-corrected chi connectivity index (χ4v) is 2.45. The van der Waals surface area contributed by atoms with Crippen LogP contribution < -0.4 is 4.72 Å². The van der Waals surface area contributed by atoms with Crippen molar-refractivity contribution in [2.24, 2.45) is 0 Å². The van der Waals surface area contributed by atoms with Crippen LogP contribution in [0.4, 0.5) is 0 Å². The molecule has 8 heteroatoms. The molecule has 0 aromatic carbocycles. The summed E-state index contributed by atoms with van der Waals surface area (Å²) in [4.78, 5) is 3.96. The number of sulfonamides is 1. The van der Waals surface area contributed by atoms with Gasteiger partial charge in [0.25, 0.3) is 0 Å². The quantitative estimate of drug-likeness (QED) is 0.726. The highest BCUT2D eigenvalue weighted by Crippen LogP contribution is 1.96. The number of rotatable bonds is 7. The van der Waals surface area contributed by atoms with Crippen molar-refractivity contribution in [2.75, 3.05) is 18.2 Å². The van der Waals surface area contributed by atoms with E-state index in [1.807, 2.05) is 0 Å². The highest BCUT2D eigenvalue weighted by molar-refractivity contribution is 7.89. The first-order valence-corrected chi connectivity index (χ1v) is 7.04. The molecule has 0 aliphatic rings. The SMILES string of the molecule is Cc1nc(CCNS(=O)(=O)CCCCl)no1. The predicted molar refractivity (Wildman–Crippen MR) is 59.9 cm³/mol. The standard InChI is InChI=1S/C8H14ClN3O3S/c1-7-11-8(12-15-7)3-5-10-16(13,14)6-2-4-9/h10H,2-6H2,1H3. The summed E-state index contributed by atoms with van der Waals surface area (Å²) in [5.74, 6) is 1.35. The first-order valence-electron chi connectivity index (χ1n) is 4.86. The van der Waals surface area contributed by atoms with Crippen LogP contribution in [0.2, 0.25) is 0 Å². The lowest BCUT2D eigenvalue weighted by Gasteiger charge is -2.03. The van der Waals surface area contributed by atoms with Crippen LogP contribution in [0.25, 0.3) is 0 Å². The molecule has 0 saturated carbocycles. The van der Waals surface area contributed by atoms with Gasteiger partial charge in [0.2, 0.25) is 15.9 Å². The number of aromatic nitrogens is 2. The minimum Gasteiger partial charge on any atom is -0.340 e. The van der Waals surface area contributed by atoms with Gasteiger partial charge in [-0.3, -0.25) is 0 Å². The fourth-order valence-electron chi connectivity index (χ4n) is 1.08. The summed E-state index contributed by atoms with van der Waals surface area (Å²) in [6, 6.07) is 0. The molecule has 1 rings (SSSR count). The number of halogens is 1. The van der Waals surface area contributed by atoms with E-state index in [0.717, 1.165) is 0 Å². The minimum absolute atomic E-state index is 0.0434. The van der Waals surface area contributed by atoms with Crippen molar-refractivity contribution in [3.05, 3.63) is 11.7 Å². The number of alkyl halides is 1. The first kappa shape index (κ1) is 13.4. The van der Waals surface area contributed by atoms with E-state index in [4.69, 9.17) is 16.1 Å². The molecule has 1 N–H and O–H groups in total. The smallest absolute Gasteiger partial charge is 0.223 e. The molecule has 0 spiro atoms. The normalized spacial score (nSPS) is 11.9. The summed E-state index contributed by atoms with van der Waals surface area (Å²) in [6.07, 6.45) is 0.857. The maximum absolute atomic E-state index is 11.4. The molecule has 1 aromatic rings. The second-order valence-electron chi connectivity index (χ2n) is 3.24. The third-order valence-electron chi connectivity index (χ3n) is 1.79. The van der Waals surface area contributed by atoms with Gasteiger partial charge in [0.1, 0.15) is 0 Å². The molecule has 1 heterocycles. The molecule has 0 aliphatic carbocycles. The first-order chi connectivity index (χ1) is 7.53. The van der Waals surface area contributed by atoms with E-state index in [9.17, 15) is 8.42 Å². The largest absolute Gasteiger partial charge is 0.340 e. The Labute approximate surface area is 99.4 Å². The molecule has 0 aliphatic heterocycles. The van der Waals surface area contributed by atoms with Crippen molar-refractivity contribution >= 4 is 21.6 Å². The van der Waals surface area contributed by atoms with Gasteiger partial charge in [-0.1, -0.05) is 5.16 Å². The summed E-state index contributed by atoms with van der Waals surface area (Å²) < 4.78 is 29.9. The molecule has 6 nitrogen and oxygen atoms in total. The Morgan fingerprint density at radius 1 is 1.50 bits per heavy atom. The zero-order valence-corrected chi connectivity index (χ0v) is 10.5. The van der Waals surface area contributed by atoms with Gasteiger partial charge < -0.3 is 4.52 Å². The summed E-state index contributed by atoms with van der Waals surface area (Å²) in [5, 5.41) is 3.66. The summed E-state index contributed by atoms with van der Waals surface area (Å²) in [5.41, 5.74) is 0. The third kappa shape index (κ3) is 4.91. The number of nitrogens with one attached hydrogen (secondary N) is 1. The van der Waals surface area contributed by atoms with Gasteiger partial charge in [-0.15, -0.1) is 11.6 Å². The van der Waals surface area contributed by atoms with Gasteiger partial charge in [0.15, 0.2) is 5.82 Å². The molecule has 0 atom stereocenters. The molecular weight excluding hydrogens is 254 g/mol. The Kier molecular flexibility index (Phi) is 5.17. The van der Waals surface area contributed by atoms with E-state index in [0.29, 0.717) is 30.4 Å². The summed E-state index contributed by atoms with van der Waals surface area (Å²) in [7, 11) is -3.23. The number of aryl methyl sites for hydroxylation is 1. The highest BCUT2D eigenvalue weighted by atomic mass is 35.5. The lowest BCUT2D eigenvalue weighted by molar-refractivity contribution is 0.387. The van der Waals surface area contributed by atoms with Crippen molar-refractivity contribution in [1.29, 1.82) is 0 Å². The van der Waals surface area contributed by atoms with Gasteiger partial charge in [-0.05, 0) is 6.42 Å². The van der Waals surface area contributed by atoms with Crippen molar-refractivity contribution in [3.8, 4) is 0 Å². The third-order valence-corrected chi connectivity index (χ3v) is 3.52. The highest BCUT2D eigenvalue weighted by Gasteiger charge is 2.09. The van der Waals surface area contributed by atoms with Gasteiger partial charge in [0.05, 0.1) is 5.75 Å². The molecule has 0 fully saturated rings. The van der Waals surface area contributed by atoms with E-state index in [-0.39, 0.29) is 12.3 Å². The van der Waals surface area contributed by atoms with Gasteiger partial charge in [-0.2, -0.15) is 4.98 Å². The molecule has 0 unspecified atom stereocenters. The van der Waals surface area contributed by atoms with E-state index in [1.54, 1.807) is 6.92 Å². The zero-order valence-electron chi connectivity index (χ0n) is 8.94. The van der Waals surface area contributed by atoms with Gasteiger partial charge >= 0.3 is 0 Å². The molecular formula is C8H14ClN3O3S. The van der Waals surface area contributed by atoms with E-state index in [1.165, 1.54) is 0 Å². The van der Waals surface area contributed by atoms with Gasteiger partial charge in [-0.25, -0.2) is 13.1 Å². The minimum atomic E-state index is -3.23. The number of nitrogens with zero attached hydrogens (tertiary/aromatic N) is 2. The van der Waals surface area contributed by atoms with Gasteiger partial charge in [0, 0.05) is 25.8 Å². The lowest BCUT2D eigenvalue weighted by atomic mass is 10.4. The predicted octanol–water partition coefficient (Wildman–Crippen LogP) is 0.469. The Balaban J connectivity index is 2.29.